The highest BCUT2D eigenvalue weighted by molar-refractivity contribution is 5.59. The van der Waals surface area contributed by atoms with Gasteiger partial charge in [0.05, 0.1) is 18.8 Å². The smallest absolute Gasteiger partial charge is 0.255 e. The van der Waals surface area contributed by atoms with E-state index in [9.17, 15) is 4.79 Å². The minimum atomic E-state index is -0.0783. The van der Waals surface area contributed by atoms with Gasteiger partial charge in [0, 0.05) is 37.6 Å². The van der Waals surface area contributed by atoms with Gasteiger partial charge in [-0.1, -0.05) is 29.8 Å². The zero-order valence-corrected chi connectivity index (χ0v) is 15.5. The highest BCUT2D eigenvalue weighted by atomic mass is 16.5. The SMILES string of the molecule is Cc1cccc([C@@H]2CN(c3nc(-c4ccncc4)cc(=O)n3C)CCO2)c1. The Kier molecular flexibility index (Phi) is 4.73. The molecule has 0 unspecified atom stereocenters. The predicted molar refractivity (Wildman–Crippen MR) is 105 cm³/mol. The van der Waals surface area contributed by atoms with Crippen molar-refractivity contribution in [3.8, 4) is 11.3 Å². The van der Waals surface area contributed by atoms with Gasteiger partial charge in [0.2, 0.25) is 5.95 Å². The van der Waals surface area contributed by atoms with Crippen molar-refractivity contribution in [3.63, 3.8) is 0 Å². The molecule has 0 N–H and O–H groups in total. The fraction of sp³-hybridized carbons (Fsp3) is 0.286. The van der Waals surface area contributed by atoms with Crippen molar-refractivity contribution >= 4 is 5.95 Å². The highest BCUT2D eigenvalue weighted by Gasteiger charge is 2.25. The van der Waals surface area contributed by atoms with Crippen molar-refractivity contribution in [3.05, 3.63) is 76.3 Å². The molecule has 1 aromatic carbocycles. The van der Waals surface area contributed by atoms with E-state index in [1.165, 1.54) is 5.56 Å². The average molecular weight is 362 g/mol. The first-order valence-corrected chi connectivity index (χ1v) is 9.03. The maximum Gasteiger partial charge on any atom is 0.255 e. The number of hydrogen-bond donors (Lipinski definition) is 0. The lowest BCUT2D eigenvalue weighted by atomic mass is 10.1. The summed E-state index contributed by atoms with van der Waals surface area (Å²) in [5, 5.41) is 0. The van der Waals surface area contributed by atoms with E-state index in [1.54, 1.807) is 30.1 Å². The Bertz CT molecular complexity index is 1000. The van der Waals surface area contributed by atoms with Gasteiger partial charge in [-0.05, 0) is 24.6 Å². The number of anilines is 1. The first kappa shape index (κ1) is 17.4. The standard InChI is InChI=1S/C21H22N4O2/c1-15-4-3-5-17(12-15)19-14-25(10-11-27-19)21-23-18(13-20(26)24(21)2)16-6-8-22-9-7-16/h3-9,12-13,19H,10-11,14H2,1-2H3/t19-/m0/s1. The van der Waals surface area contributed by atoms with Crippen LogP contribution in [0, 0.1) is 6.92 Å². The van der Waals surface area contributed by atoms with Crippen molar-refractivity contribution < 1.29 is 4.74 Å². The number of rotatable bonds is 3. The van der Waals surface area contributed by atoms with E-state index in [-0.39, 0.29) is 11.7 Å². The molecule has 27 heavy (non-hydrogen) atoms. The van der Waals surface area contributed by atoms with Gasteiger partial charge in [0.15, 0.2) is 0 Å². The van der Waals surface area contributed by atoms with Crippen molar-refractivity contribution in [2.24, 2.45) is 7.05 Å². The molecule has 1 saturated heterocycles. The summed E-state index contributed by atoms with van der Waals surface area (Å²) in [5.41, 5.74) is 3.82. The lowest BCUT2D eigenvalue weighted by Gasteiger charge is -2.34. The Morgan fingerprint density at radius 2 is 1.96 bits per heavy atom. The van der Waals surface area contributed by atoms with Crippen LogP contribution in [0.5, 0.6) is 0 Å². The molecule has 138 valence electrons. The van der Waals surface area contributed by atoms with E-state index in [2.05, 4.69) is 35.0 Å². The molecule has 6 heteroatoms. The zero-order valence-electron chi connectivity index (χ0n) is 15.5. The third-order valence-electron chi connectivity index (χ3n) is 4.85. The summed E-state index contributed by atoms with van der Waals surface area (Å²) in [6.45, 7) is 4.02. The predicted octanol–water partition coefficient (Wildman–Crippen LogP) is 2.73. The summed E-state index contributed by atoms with van der Waals surface area (Å²) in [5.74, 6) is 0.662. The molecule has 1 atom stereocenters. The molecule has 0 spiro atoms. The highest BCUT2D eigenvalue weighted by Crippen LogP contribution is 2.26. The maximum absolute atomic E-state index is 12.5. The number of benzene rings is 1. The van der Waals surface area contributed by atoms with E-state index < -0.39 is 0 Å². The summed E-state index contributed by atoms with van der Waals surface area (Å²) in [6.07, 6.45) is 3.37. The van der Waals surface area contributed by atoms with Crippen LogP contribution in [0.4, 0.5) is 5.95 Å². The van der Waals surface area contributed by atoms with Crippen molar-refractivity contribution in [1.29, 1.82) is 0 Å². The van der Waals surface area contributed by atoms with Gasteiger partial charge in [-0.3, -0.25) is 14.3 Å². The van der Waals surface area contributed by atoms with Crippen LogP contribution in [0.2, 0.25) is 0 Å². The fourth-order valence-electron chi connectivity index (χ4n) is 3.38. The maximum atomic E-state index is 12.5. The number of hydrogen-bond acceptors (Lipinski definition) is 5. The van der Waals surface area contributed by atoms with Crippen LogP contribution >= 0.6 is 0 Å². The van der Waals surface area contributed by atoms with E-state index in [0.717, 1.165) is 11.1 Å². The molecule has 0 aliphatic carbocycles. The number of morpholine rings is 1. The third kappa shape index (κ3) is 3.61. The second-order valence-electron chi connectivity index (χ2n) is 6.79. The zero-order chi connectivity index (χ0) is 18.8. The lowest BCUT2D eigenvalue weighted by Crippen LogP contribution is -2.41. The molecule has 3 aromatic rings. The molecular formula is C21H22N4O2. The van der Waals surface area contributed by atoms with E-state index in [0.29, 0.717) is 31.3 Å². The second kappa shape index (κ2) is 7.32. The van der Waals surface area contributed by atoms with Crippen LogP contribution in [0.3, 0.4) is 0 Å². The van der Waals surface area contributed by atoms with Gasteiger partial charge >= 0.3 is 0 Å². The Hall–Kier alpha value is -2.99. The normalized spacial score (nSPS) is 17.1. The van der Waals surface area contributed by atoms with E-state index in [4.69, 9.17) is 9.72 Å². The number of aryl methyl sites for hydroxylation is 1. The Balaban J connectivity index is 1.68. The molecule has 0 saturated carbocycles. The molecular weight excluding hydrogens is 340 g/mol. The molecule has 1 fully saturated rings. The monoisotopic (exact) mass is 362 g/mol. The van der Waals surface area contributed by atoms with Crippen molar-refractivity contribution in [1.82, 2.24) is 14.5 Å². The molecule has 0 bridgehead atoms. The molecule has 0 radical (unpaired) electrons. The number of aromatic nitrogens is 3. The quantitative estimate of drug-likeness (QED) is 0.717. The van der Waals surface area contributed by atoms with Gasteiger partial charge in [-0.15, -0.1) is 0 Å². The number of ether oxygens (including phenoxy) is 1. The second-order valence-corrected chi connectivity index (χ2v) is 6.79. The first-order valence-electron chi connectivity index (χ1n) is 9.03. The van der Waals surface area contributed by atoms with Crippen LogP contribution in [0.25, 0.3) is 11.3 Å². The minimum absolute atomic E-state index is 0.0415. The Morgan fingerprint density at radius 3 is 2.74 bits per heavy atom. The topological polar surface area (TPSA) is 60.2 Å². The van der Waals surface area contributed by atoms with Gasteiger partial charge in [0.25, 0.3) is 5.56 Å². The lowest BCUT2D eigenvalue weighted by molar-refractivity contribution is 0.0389. The molecule has 1 aliphatic rings. The summed E-state index contributed by atoms with van der Waals surface area (Å²) in [4.78, 5) is 23.5. The summed E-state index contributed by atoms with van der Waals surface area (Å²) in [7, 11) is 1.76. The summed E-state index contributed by atoms with van der Waals surface area (Å²) >= 11 is 0. The van der Waals surface area contributed by atoms with Gasteiger partial charge in [0.1, 0.15) is 6.10 Å². The van der Waals surface area contributed by atoms with E-state index in [1.807, 2.05) is 18.2 Å². The van der Waals surface area contributed by atoms with Crippen molar-refractivity contribution in [2.45, 2.75) is 13.0 Å². The Labute approximate surface area is 158 Å². The van der Waals surface area contributed by atoms with Crippen LogP contribution in [0.15, 0.2) is 59.7 Å². The average Bonchev–Trinajstić information content (AvgIpc) is 2.71. The molecule has 2 aromatic heterocycles. The summed E-state index contributed by atoms with van der Waals surface area (Å²) in [6, 6.07) is 13.6. The number of pyridine rings is 1. The van der Waals surface area contributed by atoms with E-state index >= 15 is 0 Å². The van der Waals surface area contributed by atoms with Crippen molar-refractivity contribution in [2.75, 3.05) is 24.6 Å². The molecule has 0 amide bonds. The molecule has 6 nitrogen and oxygen atoms in total. The fourth-order valence-corrected chi connectivity index (χ4v) is 3.38. The van der Waals surface area contributed by atoms with Crippen LogP contribution in [0.1, 0.15) is 17.2 Å². The first-order chi connectivity index (χ1) is 13.1. The number of nitrogens with zero attached hydrogens (tertiary/aromatic N) is 4. The largest absolute Gasteiger partial charge is 0.370 e. The van der Waals surface area contributed by atoms with Gasteiger partial charge in [-0.25, -0.2) is 4.98 Å². The third-order valence-corrected chi connectivity index (χ3v) is 4.85. The summed E-state index contributed by atoms with van der Waals surface area (Å²) < 4.78 is 7.59. The van der Waals surface area contributed by atoms with Crippen LogP contribution in [-0.4, -0.2) is 34.2 Å². The van der Waals surface area contributed by atoms with Gasteiger partial charge in [-0.2, -0.15) is 0 Å². The van der Waals surface area contributed by atoms with Crippen LogP contribution < -0.4 is 10.5 Å². The van der Waals surface area contributed by atoms with Crippen LogP contribution in [-0.2, 0) is 11.8 Å². The Morgan fingerprint density at radius 1 is 1.15 bits per heavy atom. The molecule has 4 rings (SSSR count). The molecule has 1 aliphatic heterocycles. The van der Waals surface area contributed by atoms with Gasteiger partial charge < -0.3 is 9.64 Å². The molecule has 3 heterocycles. The minimum Gasteiger partial charge on any atom is -0.370 e.